The number of rotatable bonds is 9. The Kier molecular flexibility index (Phi) is 8.43. The third-order valence-corrected chi connectivity index (χ3v) is 11.0. The quantitative estimate of drug-likeness (QED) is 0.264. The standard InChI is InChI=1S/C31H30ClN3O5S2/c1-22-3-7-24(8-4-22)20-34(41(37,38)28-13-5-23(2)6-14-28)21-31(36)33-27-12-9-25-17-18-35(30(25)19-27)42(39,40)29-15-10-26(32)11-16-29/h3-16,19H,17-18,20-21H2,1-2H3,(H,33,36). The SMILES string of the molecule is Cc1ccc(CN(CC(=O)Nc2ccc3c(c2)N(S(=O)(=O)c2ccc(Cl)cc2)CC3)S(=O)(=O)c2ccc(C)cc2)cc1. The number of hydrogen-bond donors (Lipinski definition) is 1. The molecule has 11 heteroatoms. The van der Waals surface area contributed by atoms with Gasteiger partial charge in [0.1, 0.15) is 0 Å². The number of carbonyl (C=O) groups excluding carboxylic acids is 1. The Hall–Kier alpha value is -3.70. The first-order chi connectivity index (χ1) is 19.9. The van der Waals surface area contributed by atoms with Crippen LogP contribution in [0.25, 0.3) is 0 Å². The summed E-state index contributed by atoms with van der Waals surface area (Å²) in [6, 6.07) is 25.0. The van der Waals surface area contributed by atoms with Gasteiger partial charge in [-0.05, 0) is 79.9 Å². The van der Waals surface area contributed by atoms with Crippen molar-refractivity contribution < 1.29 is 21.6 Å². The number of carbonyl (C=O) groups is 1. The van der Waals surface area contributed by atoms with E-state index < -0.39 is 32.5 Å². The van der Waals surface area contributed by atoms with Crippen LogP contribution in [-0.2, 0) is 37.8 Å². The molecule has 1 heterocycles. The zero-order valence-corrected chi connectivity index (χ0v) is 25.5. The van der Waals surface area contributed by atoms with E-state index in [0.717, 1.165) is 26.6 Å². The smallest absolute Gasteiger partial charge is 0.264 e. The van der Waals surface area contributed by atoms with Crippen LogP contribution < -0.4 is 9.62 Å². The lowest BCUT2D eigenvalue weighted by Crippen LogP contribution is -2.37. The Morgan fingerprint density at radius 2 is 1.43 bits per heavy atom. The number of benzene rings is 4. The number of sulfonamides is 2. The summed E-state index contributed by atoms with van der Waals surface area (Å²) in [6.07, 6.45) is 0.523. The maximum Gasteiger partial charge on any atom is 0.264 e. The van der Waals surface area contributed by atoms with Crippen LogP contribution in [0, 0.1) is 13.8 Å². The minimum Gasteiger partial charge on any atom is -0.325 e. The molecule has 5 rings (SSSR count). The third kappa shape index (κ3) is 6.37. The van der Waals surface area contributed by atoms with E-state index >= 15 is 0 Å². The largest absolute Gasteiger partial charge is 0.325 e. The first kappa shape index (κ1) is 29.8. The molecular weight excluding hydrogens is 594 g/mol. The lowest BCUT2D eigenvalue weighted by Gasteiger charge is -2.23. The lowest BCUT2D eigenvalue weighted by atomic mass is 10.1. The lowest BCUT2D eigenvalue weighted by molar-refractivity contribution is -0.116. The molecule has 0 aliphatic carbocycles. The summed E-state index contributed by atoms with van der Waals surface area (Å²) in [4.78, 5) is 13.5. The summed E-state index contributed by atoms with van der Waals surface area (Å²) < 4.78 is 56.5. The molecule has 0 unspecified atom stereocenters. The van der Waals surface area contributed by atoms with Crippen molar-refractivity contribution in [3.05, 3.63) is 118 Å². The molecule has 0 bridgehead atoms. The molecule has 218 valence electrons. The van der Waals surface area contributed by atoms with Crippen molar-refractivity contribution >= 4 is 48.9 Å². The molecule has 1 amide bonds. The maximum atomic E-state index is 13.6. The van der Waals surface area contributed by atoms with Gasteiger partial charge in [0, 0.05) is 23.8 Å². The van der Waals surface area contributed by atoms with Gasteiger partial charge in [0.2, 0.25) is 15.9 Å². The van der Waals surface area contributed by atoms with Gasteiger partial charge in [-0.3, -0.25) is 9.10 Å². The highest BCUT2D eigenvalue weighted by Gasteiger charge is 2.32. The average molecular weight is 624 g/mol. The molecule has 1 aliphatic rings. The summed E-state index contributed by atoms with van der Waals surface area (Å²) in [5.74, 6) is -0.553. The molecule has 8 nitrogen and oxygen atoms in total. The minimum absolute atomic E-state index is 0.00120. The van der Waals surface area contributed by atoms with Crippen LogP contribution in [0.4, 0.5) is 11.4 Å². The maximum absolute atomic E-state index is 13.6. The van der Waals surface area contributed by atoms with E-state index in [-0.39, 0.29) is 22.9 Å². The van der Waals surface area contributed by atoms with E-state index in [2.05, 4.69) is 5.32 Å². The molecule has 1 N–H and O–H groups in total. The summed E-state index contributed by atoms with van der Waals surface area (Å²) in [6.45, 7) is 3.63. The zero-order valence-electron chi connectivity index (χ0n) is 23.1. The number of aryl methyl sites for hydroxylation is 2. The molecule has 4 aromatic rings. The van der Waals surface area contributed by atoms with Gasteiger partial charge < -0.3 is 5.32 Å². The van der Waals surface area contributed by atoms with Crippen molar-refractivity contribution in [3.8, 4) is 0 Å². The molecular formula is C31H30ClN3O5S2. The van der Waals surface area contributed by atoms with E-state index in [4.69, 9.17) is 11.6 Å². The number of hydrogen-bond acceptors (Lipinski definition) is 5. The highest BCUT2D eigenvalue weighted by Crippen LogP contribution is 2.35. The predicted molar refractivity (Wildman–Crippen MR) is 165 cm³/mol. The summed E-state index contributed by atoms with van der Waals surface area (Å²) in [7, 11) is -7.86. The second kappa shape index (κ2) is 11.9. The Labute approximate surface area is 251 Å². The summed E-state index contributed by atoms with van der Waals surface area (Å²) in [5, 5.41) is 3.20. The highest BCUT2D eigenvalue weighted by atomic mass is 35.5. The normalized spacial score (nSPS) is 13.3. The second-order valence-corrected chi connectivity index (χ2v) is 14.5. The van der Waals surface area contributed by atoms with Crippen molar-refractivity contribution in [2.45, 2.75) is 36.6 Å². The van der Waals surface area contributed by atoms with Crippen LogP contribution in [-0.4, -0.2) is 40.1 Å². The fraction of sp³-hybridized carbons (Fsp3) is 0.194. The van der Waals surface area contributed by atoms with Crippen LogP contribution in [0.1, 0.15) is 22.3 Å². The van der Waals surface area contributed by atoms with E-state index in [0.29, 0.717) is 22.8 Å². The fourth-order valence-electron chi connectivity index (χ4n) is 4.75. The van der Waals surface area contributed by atoms with Crippen molar-refractivity contribution in [1.29, 1.82) is 0 Å². The Balaban J connectivity index is 1.39. The second-order valence-electron chi connectivity index (χ2n) is 10.2. The fourth-order valence-corrected chi connectivity index (χ4v) is 7.76. The molecule has 42 heavy (non-hydrogen) atoms. The Bertz CT molecular complexity index is 1830. The molecule has 0 radical (unpaired) electrons. The van der Waals surface area contributed by atoms with Gasteiger partial charge >= 0.3 is 0 Å². The summed E-state index contributed by atoms with van der Waals surface area (Å²) >= 11 is 5.94. The Morgan fingerprint density at radius 1 is 0.833 bits per heavy atom. The van der Waals surface area contributed by atoms with E-state index in [1.807, 2.05) is 38.1 Å². The number of halogens is 1. The zero-order chi connectivity index (χ0) is 30.1. The Morgan fingerprint density at radius 3 is 2.07 bits per heavy atom. The van der Waals surface area contributed by atoms with Crippen LogP contribution >= 0.6 is 11.6 Å². The first-order valence-corrected chi connectivity index (χ1v) is 16.5. The van der Waals surface area contributed by atoms with Crippen molar-refractivity contribution in [2.24, 2.45) is 0 Å². The predicted octanol–water partition coefficient (Wildman–Crippen LogP) is 5.54. The van der Waals surface area contributed by atoms with E-state index in [1.54, 1.807) is 30.3 Å². The number of nitrogens with zero attached hydrogens (tertiary/aromatic N) is 2. The number of anilines is 2. The van der Waals surface area contributed by atoms with Crippen molar-refractivity contribution in [3.63, 3.8) is 0 Å². The monoisotopic (exact) mass is 623 g/mol. The summed E-state index contributed by atoms with van der Waals surface area (Å²) in [5.41, 5.74) is 4.35. The van der Waals surface area contributed by atoms with Gasteiger partial charge in [-0.1, -0.05) is 65.2 Å². The van der Waals surface area contributed by atoms with Crippen LogP contribution in [0.3, 0.4) is 0 Å². The third-order valence-electron chi connectivity index (χ3n) is 7.08. The average Bonchev–Trinajstić information content (AvgIpc) is 3.38. The van der Waals surface area contributed by atoms with Gasteiger partial charge in [0.15, 0.2) is 0 Å². The molecule has 4 aromatic carbocycles. The molecule has 0 fully saturated rings. The molecule has 0 saturated carbocycles. The van der Waals surface area contributed by atoms with Crippen molar-refractivity contribution in [1.82, 2.24) is 4.31 Å². The van der Waals surface area contributed by atoms with Gasteiger partial charge in [0.25, 0.3) is 10.0 Å². The molecule has 0 saturated heterocycles. The number of fused-ring (bicyclic) bond motifs is 1. The minimum atomic E-state index is -4.01. The van der Waals surface area contributed by atoms with Crippen molar-refractivity contribution in [2.75, 3.05) is 22.7 Å². The van der Waals surface area contributed by atoms with Crippen LogP contribution in [0.15, 0.2) is 101 Å². The topological polar surface area (TPSA) is 104 Å². The molecule has 1 aliphatic heterocycles. The molecule has 0 atom stereocenters. The highest BCUT2D eigenvalue weighted by molar-refractivity contribution is 7.92. The number of amides is 1. The molecule has 0 spiro atoms. The van der Waals surface area contributed by atoms with E-state index in [9.17, 15) is 21.6 Å². The van der Waals surface area contributed by atoms with Gasteiger partial charge in [-0.2, -0.15) is 4.31 Å². The van der Waals surface area contributed by atoms with Crippen LogP contribution in [0.5, 0.6) is 0 Å². The first-order valence-electron chi connectivity index (χ1n) is 13.3. The van der Waals surface area contributed by atoms with Gasteiger partial charge in [0.05, 0.1) is 22.0 Å². The van der Waals surface area contributed by atoms with Crippen LogP contribution in [0.2, 0.25) is 5.02 Å². The van der Waals surface area contributed by atoms with Gasteiger partial charge in [-0.25, -0.2) is 16.8 Å². The molecule has 0 aromatic heterocycles. The van der Waals surface area contributed by atoms with Gasteiger partial charge in [-0.15, -0.1) is 0 Å². The number of nitrogens with one attached hydrogen (secondary N) is 1. The van der Waals surface area contributed by atoms with E-state index in [1.165, 1.54) is 40.7 Å².